The Balaban J connectivity index is 1.95. The number of anilines is 1. The number of hydrogen-bond donors (Lipinski definition) is 2. The number of phenols is 1. The van der Waals surface area contributed by atoms with Crippen molar-refractivity contribution in [3.8, 4) is 5.75 Å². The molecule has 1 aromatic heterocycles. The third kappa shape index (κ3) is 2.30. The van der Waals surface area contributed by atoms with E-state index in [1.807, 2.05) is 55.5 Å². The second-order valence-corrected chi connectivity index (χ2v) is 4.83. The van der Waals surface area contributed by atoms with E-state index in [-0.39, 0.29) is 6.04 Å². The molecule has 20 heavy (non-hydrogen) atoms. The van der Waals surface area contributed by atoms with Crippen molar-refractivity contribution in [2.75, 3.05) is 5.32 Å². The van der Waals surface area contributed by atoms with E-state index < -0.39 is 0 Å². The summed E-state index contributed by atoms with van der Waals surface area (Å²) in [6.45, 7) is 2.02. The van der Waals surface area contributed by atoms with Crippen LogP contribution in [0.25, 0.3) is 10.8 Å². The van der Waals surface area contributed by atoms with E-state index >= 15 is 0 Å². The highest BCUT2D eigenvalue weighted by molar-refractivity contribution is 5.89. The van der Waals surface area contributed by atoms with Gasteiger partial charge in [-0.15, -0.1) is 0 Å². The second kappa shape index (κ2) is 5.21. The zero-order valence-corrected chi connectivity index (χ0v) is 11.2. The molecule has 0 fully saturated rings. The van der Waals surface area contributed by atoms with Crippen LogP contribution in [-0.2, 0) is 0 Å². The average molecular weight is 264 g/mol. The first-order valence-corrected chi connectivity index (χ1v) is 6.63. The maximum Gasteiger partial charge on any atom is 0.128 e. The summed E-state index contributed by atoms with van der Waals surface area (Å²) in [6.07, 6.45) is 3.51. The second-order valence-electron chi connectivity index (χ2n) is 4.83. The molecule has 2 aromatic carbocycles. The summed E-state index contributed by atoms with van der Waals surface area (Å²) in [4.78, 5) is 4.08. The topological polar surface area (TPSA) is 45.2 Å². The first-order valence-electron chi connectivity index (χ1n) is 6.63. The Hall–Kier alpha value is -2.55. The van der Waals surface area contributed by atoms with Crippen molar-refractivity contribution >= 4 is 16.5 Å². The Kier molecular flexibility index (Phi) is 3.25. The van der Waals surface area contributed by atoms with Crippen molar-refractivity contribution in [2.24, 2.45) is 0 Å². The van der Waals surface area contributed by atoms with E-state index in [0.29, 0.717) is 5.75 Å². The van der Waals surface area contributed by atoms with Crippen LogP contribution in [0.15, 0.2) is 60.9 Å². The zero-order chi connectivity index (χ0) is 13.9. The predicted octanol–water partition coefficient (Wildman–Crippen LogP) is 4.11. The van der Waals surface area contributed by atoms with Crippen LogP contribution in [0, 0.1) is 0 Å². The van der Waals surface area contributed by atoms with Gasteiger partial charge in [0.25, 0.3) is 0 Å². The molecule has 1 unspecified atom stereocenters. The van der Waals surface area contributed by atoms with E-state index in [1.54, 1.807) is 12.4 Å². The number of phenolic OH excluding ortho intramolecular Hbond substituents is 1. The number of aromatic nitrogens is 1. The van der Waals surface area contributed by atoms with Crippen molar-refractivity contribution in [1.29, 1.82) is 0 Å². The van der Waals surface area contributed by atoms with Gasteiger partial charge in [-0.25, -0.2) is 0 Å². The molecule has 0 saturated heterocycles. The molecule has 1 atom stereocenters. The Morgan fingerprint density at radius 1 is 1.05 bits per heavy atom. The summed E-state index contributed by atoms with van der Waals surface area (Å²) in [7, 11) is 0. The Bertz CT molecular complexity index is 725. The Labute approximate surface area is 117 Å². The monoisotopic (exact) mass is 264 g/mol. The van der Waals surface area contributed by atoms with Gasteiger partial charge >= 0.3 is 0 Å². The summed E-state index contributed by atoms with van der Waals surface area (Å²) in [5.74, 6) is 0.340. The van der Waals surface area contributed by atoms with E-state index in [9.17, 15) is 5.11 Å². The van der Waals surface area contributed by atoms with Crippen LogP contribution in [0.1, 0.15) is 18.5 Å². The van der Waals surface area contributed by atoms with E-state index in [1.165, 1.54) is 0 Å². The van der Waals surface area contributed by atoms with Crippen LogP contribution < -0.4 is 5.32 Å². The van der Waals surface area contributed by atoms with Gasteiger partial charge in [-0.2, -0.15) is 0 Å². The number of benzene rings is 2. The fourth-order valence-corrected chi connectivity index (χ4v) is 2.40. The van der Waals surface area contributed by atoms with Crippen molar-refractivity contribution < 1.29 is 5.11 Å². The zero-order valence-electron chi connectivity index (χ0n) is 11.2. The lowest BCUT2D eigenvalue weighted by Gasteiger charge is -2.17. The number of aromatic hydroxyl groups is 1. The summed E-state index contributed by atoms with van der Waals surface area (Å²) in [6, 6.07) is 15.7. The molecule has 0 aliphatic carbocycles. The van der Waals surface area contributed by atoms with E-state index in [2.05, 4.69) is 10.3 Å². The van der Waals surface area contributed by atoms with Crippen LogP contribution in [0.2, 0.25) is 0 Å². The molecule has 0 saturated carbocycles. The highest BCUT2D eigenvalue weighted by Gasteiger charge is 2.12. The van der Waals surface area contributed by atoms with Gasteiger partial charge in [0.1, 0.15) is 5.75 Å². The molecule has 2 N–H and O–H groups in total. The molecule has 100 valence electrons. The maximum absolute atomic E-state index is 10.4. The van der Waals surface area contributed by atoms with Gasteiger partial charge in [-0.05, 0) is 24.4 Å². The van der Waals surface area contributed by atoms with Crippen molar-refractivity contribution in [1.82, 2.24) is 4.98 Å². The lowest BCUT2D eigenvalue weighted by molar-refractivity contribution is 0.472. The van der Waals surface area contributed by atoms with Crippen LogP contribution in [0.5, 0.6) is 5.75 Å². The first-order chi connectivity index (χ1) is 9.75. The highest BCUT2D eigenvalue weighted by atomic mass is 16.3. The number of hydrogen-bond acceptors (Lipinski definition) is 3. The molecular weight excluding hydrogens is 248 g/mol. The van der Waals surface area contributed by atoms with Gasteiger partial charge < -0.3 is 10.4 Å². The third-order valence-electron chi connectivity index (χ3n) is 3.44. The van der Waals surface area contributed by atoms with Crippen molar-refractivity contribution in [2.45, 2.75) is 13.0 Å². The molecule has 0 bridgehead atoms. The number of rotatable bonds is 3. The van der Waals surface area contributed by atoms with E-state index in [0.717, 1.165) is 22.0 Å². The molecule has 3 rings (SSSR count). The highest BCUT2D eigenvalue weighted by Crippen LogP contribution is 2.33. The quantitative estimate of drug-likeness (QED) is 0.748. The van der Waals surface area contributed by atoms with Crippen molar-refractivity contribution in [3.05, 3.63) is 66.5 Å². The molecule has 0 radical (unpaired) electrons. The largest absolute Gasteiger partial charge is 0.507 e. The first kappa shape index (κ1) is 12.5. The summed E-state index contributed by atoms with van der Waals surface area (Å²) < 4.78 is 0. The molecule has 0 spiro atoms. The van der Waals surface area contributed by atoms with Gasteiger partial charge in [0.05, 0.1) is 11.7 Å². The van der Waals surface area contributed by atoms with Gasteiger partial charge in [0, 0.05) is 23.3 Å². The minimum atomic E-state index is 0.00352. The van der Waals surface area contributed by atoms with Crippen LogP contribution in [0.3, 0.4) is 0 Å². The number of fused-ring (bicyclic) bond motifs is 1. The fraction of sp³-hybridized carbons (Fsp3) is 0.118. The standard InChI is InChI=1S/C17H16N2O/c1-12(19-14-6-4-10-18-11-14)15-9-8-13-5-2-3-7-16(13)17(15)20/h2-12,19-20H,1H3. The lowest BCUT2D eigenvalue weighted by atomic mass is 10.0. The minimum absolute atomic E-state index is 0.00352. The third-order valence-corrected chi connectivity index (χ3v) is 3.44. The van der Waals surface area contributed by atoms with Crippen LogP contribution >= 0.6 is 0 Å². The van der Waals surface area contributed by atoms with Gasteiger partial charge in [-0.3, -0.25) is 4.98 Å². The SMILES string of the molecule is CC(Nc1cccnc1)c1ccc2ccccc2c1O. The van der Waals surface area contributed by atoms with Crippen LogP contribution in [-0.4, -0.2) is 10.1 Å². The summed E-state index contributed by atoms with van der Waals surface area (Å²) >= 11 is 0. The normalized spacial score (nSPS) is 12.2. The number of nitrogens with one attached hydrogen (secondary N) is 1. The van der Waals surface area contributed by atoms with Gasteiger partial charge in [0.15, 0.2) is 0 Å². The van der Waals surface area contributed by atoms with E-state index in [4.69, 9.17) is 0 Å². The van der Waals surface area contributed by atoms with Crippen LogP contribution in [0.4, 0.5) is 5.69 Å². The molecular formula is C17H16N2O. The maximum atomic E-state index is 10.4. The lowest BCUT2D eigenvalue weighted by Crippen LogP contribution is -2.07. The minimum Gasteiger partial charge on any atom is -0.507 e. The molecule has 3 heteroatoms. The molecule has 0 aliphatic heterocycles. The summed E-state index contributed by atoms with van der Waals surface area (Å²) in [5, 5.41) is 15.7. The fourth-order valence-electron chi connectivity index (χ4n) is 2.40. The Morgan fingerprint density at radius 3 is 2.70 bits per heavy atom. The average Bonchev–Trinajstić information content (AvgIpc) is 2.49. The van der Waals surface area contributed by atoms with Gasteiger partial charge in [0.2, 0.25) is 0 Å². The number of nitrogens with zero attached hydrogens (tertiary/aromatic N) is 1. The molecule has 0 amide bonds. The predicted molar refractivity (Wildman–Crippen MR) is 81.9 cm³/mol. The molecule has 1 heterocycles. The molecule has 3 aromatic rings. The smallest absolute Gasteiger partial charge is 0.128 e. The number of pyridine rings is 1. The van der Waals surface area contributed by atoms with Gasteiger partial charge in [-0.1, -0.05) is 36.4 Å². The molecule has 3 nitrogen and oxygen atoms in total. The molecule has 0 aliphatic rings. The van der Waals surface area contributed by atoms with Crippen molar-refractivity contribution in [3.63, 3.8) is 0 Å². The Morgan fingerprint density at radius 2 is 1.90 bits per heavy atom. The summed E-state index contributed by atoms with van der Waals surface area (Å²) in [5.41, 5.74) is 1.82.